The molecule has 1 aliphatic rings. The summed E-state index contributed by atoms with van der Waals surface area (Å²) in [5, 5.41) is 0. The molecule has 0 aromatic carbocycles. The molecule has 0 saturated carbocycles. The van der Waals surface area contributed by atoms with Gasteiger partial charge in [0.2, 0.25) is 0 Å². The number of hydrogen-bond donors (Lipinski definition) is 5. The van der Waals surface area contributed by atoms with E-state index in [9.17, 15) is 23.9 Å². The van der Waals surface area contributed by atoms with Gasteiger partial charge in [-0.2, -0.15) is 0 Å². The van der Waals surface area contributed by atoms with Gasteiger partial charge in [-0.15, -0.1) is 0 Å². The molecule has 0 amide bonds. The maximum atomic E-state index is 12.1. The van der Waals surface area contributed by atoms with Gasteiger partial charge in [0.1, 0.15) is 12.2 Å². The average molecular weight is 474 g/mol. The quantitative estimate of drug-likeness (QED) is 0.223. The van der Waals surface area contributed by atoms with E-state index in [1.165, 1.54) is 13.3 Å². The SMILES string of the molecule is CO[C@@H]1[C@H](OP(O)(O)=S)[C@@H](CCCCCP(=O)(O)O)O[C@H]1n1ccc(=O)[nH]c1=O. The summed E-state index contributed by atoms with van der Waals surface area (Å²) < 4.78 is 28.5. The zero-order chi connectivity index (χ0) is 21.8. The van der Waals surface area contributed by atoms with Crippen LogP contribution in [0.15, 0.2) is 21.9 Å². The summed E-state index contributed by atoms with van der Waals surface area (Å²) in [6.07, 6.45) is -1.08. The number of hydrogen-bond acceptors (Lipinski definition) is 7. The molecule has 2 heterocycles. The lowest BCUT2D eigenvalue weighted by molar-refractivity contribution is -0.0549. The van der Waals surface area contributed by atoms with E-state index >= 15 is 0 Å². The molecule has 4 atom stereocenters. The number of methoxy groups -OCH3 is 1. The van der Waals surface area contributed by atoms with Crippen LogP contribution in [0.2, 0.25) is 0 Å². The van der Waals surface area contributed by atoms with Crippen molar-refractivity contribution in [2.24, 2.45) is 0 Å². The first-order valence-electron chi connectivity index (χ1n) is 8.69. The van der Waals surface area contributed by atoms with Gasteiger partial charge >= 0.3 is 20.0 Å². The second-order valence-electron chi connectivity index (χ2n) is 6.58. The minimum Gasteiger partial charge on any atom is -0.374 e. The largest absolute Gasteiger partial charge is 0.374 e. The summed E-state index contributed by atoms with van der Waals surface area (Å²) in [6, 6.07) is 1.13. The van der Waals surface area contributed by atoms with Gasteiger partial charge in [-0.1, -0.05) is 12.8 Å². The normalized spacial score (nSPS) is 25.4. The van der Waals surface area contributed by atoms with E-state index in [1.807, 2.05) is 0 Å². The van der Waals surface area contributed by atoms with Crippen molar-refractivity contribution < 1.29 is 38.1 Å². The molecular weight excluding hydrogens is 450 g/mol. The third-order valence-electron chi connectivity index (χ3n) is 4.38. The molecule has 1 aromatic heterocycles. The first-order valence-corrected chi connectivity index (χ1v) is 13.1. The molecule has 0 bridgehead atoms. The van der Waals surface area contributed by atoms with Gasteiger partial charge < -0.3 is 29.0 Å². The summed E-state index contributed by atoms with van der Waals surface area (Å²) >= 11 is 4.55. The van der Waals surface area contributed by atoms with Crippen molar-refractivity contribution in [1.82, 2.24) is 9.55 Å². The van der Waals surface area contributed by atoms with E-state index < -0.39 is 50.1 Å². The van der Waals surface area contributed by atoms with Gasteiger partial charge in [0, 0.05) is 25.5 Å². The van der Waals surface area contributed by atoms with E-state index in [4.69, 9.17) is 23.8 Å². The first kappa shape index (κ1) is 24.5. The number of H-pyrrole nitrogens is 1. The lowest BCUT2D eigenvalue weighted by atomic mass is 10.0. The number of rotatable bonds is 10. The van der Waals surface area contributed by atoms with Crippen molar-refractivity contribution in [3.63, 3.8) is 0 Å². The predicted molar refractivity (Wildman–Crippen MR) is 105 cm³/mol. The highest BCUT2D eigenvalue weighted by Crippen LogP contribution is 2.45. The van der Waals surface area contributed by atoms with E-state index in [2.05, 4.69) is 16.8 Å². The van der Waals surface area contributed by atoms with Crippen LogP contribution in [0, 0.1) is 0 Å². The van der Waals surface area contributed by atoms with Gasteiger partial charge in [-0.3, -0.25) is 23.4 Å². The number of nitrogens with zero attached hydrogens (tertiary/aromatic N) is 1. The molecule has 1 saturated heterocycles. The summed E-state index contributed by atoms with van der Waals surface area (Å²) in [7, 11) is -2.74. The number of aromatic amines is 1. The molecule has 2 rings (SSSR count). The molecule has 166 valence electrons. The molecule has 15 heteroatoms. The highest BCUT2D eigenvalue weighted by Gasteiger charge is 2.48. The van der Waals surface area contributed by atoms with Crippen LogP contribution in [0.4, 0.5) is 0 Å². The smallest absolute Gasteiger partial charge is 0.330 e. The Morgan fingerprint density at radius 3 is 2.45 bits per heavy atom. The Morgan fingerprint density at radius 1 is 1.21 bits per heavy atom. The van der Waals surface area contributed by atoms with Crippen LogP contribution >= 0.6 is 14.3 Å². The minimum absolute atomic E-state index is 0.234. The molecule has 1 fully saturated rings. The molecule has 0 aliphatic carbocycles. The summed E-state index contributed by atoms with van der Waals surface area (Å²) in [5.74, 6) is 0. The fourth-order valence-electron chi connectivity index (χ4n) is 3.17. The van der Waals surface area contributed by atoms with Crippen LogP contribution in [-0.4, -0.2) is 60.7 Å². The Balaban J connectivity index is 2.16. The van der Waals surface area contributed by atoms with E-state index in [0.29, 0.717) is 25.7 Å². The van der Waals surface area contributed by atoms with E-state index in [0.717, 1.165) is 10.6 Å². The molecule has 1 aromatic rings. The Morgan fingerprint density at radius 2 is 1.90 bits per heavy atom. The Hall–Kier alpha value is -0.720. The van der Waals surface area contributed by atoms with Crippen molar-refractivity contribution in [1.29, 1.82) is 0 Å². The van der Waals surface area contributed by atoms with Gasteiger partial charge in [0.05, 0.1) is 6.10 Å². The van der Waals surface area contributed by atoms with Gasteiger partial charge in [-0.05, 0) is 24.6 Å². The van der Waals surface area contributed by atoms with Crippen LogP contribution < -0.4 is 11.2 Å². The maximum absolute atomic E-state index is 12.1. The summed E-state index contributed by atoms with van der Waals surface area (Å²) in [6.45, 7) is -4.08. The van der Waals surface area contributed by atoms with E-state index in [-0.39, 0.29) is 6.16 Å². The Kier molecular flexibility index (Phi) is 8.51. The van der Waals surface area contributed by atoms with Crippen LogP contribution in [0.3, 0.4) is 0 Å². The molecule has 12 nitrogen and oxygen atoms in total. The second-order valence-corrected chi connectivity index (χ2v) is 11.0. The molecule has 5 N–H and O–H groups in total. The third kappa shape index (κ3) is 7.48. The molecule has 0 spiro atoms. The Bertz CT molecular complexity index is 893. The molecule has 29 heavy (non-hydrogen) atoms. The van der Waals surface area contributed by atoms with Crippen molar-refractivity contribution in [2.75, 3.05) is 13.3 Å². The highest BCUT2D eigenvalue weighted by molar-refractivity contribution is 8.06. The molecule has 0 unspecified atom stereocenters. The standard InChI is InChI=1S/C14H24N2O10P2S/c1-24-12-11(26-28(22,23)29)9(5-3-2-4-8-27(19,20)21)25-13(12)16-7-6-10(17)15-14(16)18/h6-7,9,11-13H,2-5,8H2,1H3,(H,15,17,18)(H2,19,20,21)(H2,22,23,29)/t9-,11-,12-,13-/m1/s1. The minimum atomic E-state index is -4.08. The molecular formula is C14H24N2O10P2S. The van der Waals surface area contributed by atoms with Gasteiger partial charge in [0.15, 0.2) is 6.23 Å². The van der Waals surface area contributed by atoms with Crippen LogP contribution in [-0.2, 0) is 30.4 Å². The van der Waals surface area contributed by atoms with E-state index in [1.54, 1.807) is 0 Å². The summed E-state index contributed by atoms with van der Waals surface area (Å²) in [5.41, 5.74) is -1.33. The zero-order valence-corrected chi connectivity index (χ0v) is 18.1. The number of nitrogens with one attached hydrogen (secondary N) is 1. The third-order valence-corrected chi connectivity index (χ3v) is 6.06. The van der Waals surface area contributed by atoms with Crippen molar-refractivity contribution >= 4 is 26.1 Å². The monoisotopic (exact) mass is 474 g/mol. The molecule has 0 radical (unpaired) electrons. The van der Waals surface area contributed by atoms with Gasteiger partial charge in [0.25, 0.3) is 5.56 Å². The van der Waals surface area contributed by atoms with Crippen LogP contribution in [0.25, 0.3) is 0 Å². The lowest BCUT2D eigenvalue weighted by Gasteiger charge is -2.25. The van der Waals surface area contributed by atoms with Crippen molar-refractivity contribution in [3.05, 3.63) is 33.1 Å². The Labute approximate surface area is 170 Å². The topological polar surface area (TPSA) is 181 Å². The van der Waals surface area contributed by atoms with Crippen molar-refractivity contribution in [2.45, 2.75) is 50.2 Å². The van der Waals surface area contributed by atoms with Crippen LogP contribution in [0.1, 0.15) is 31.9 Å². The predicted octanol–water partition coefficient (Wildman–Crippen LogP) is -0.219. The second kappa shape index (κ2) is 10.1. The lowest BCUT2D eigenvalue weighted by Crippen LogP contribution is -2.39. The summed E-state index contributed by atoms with van der Waals surface area (Å²) in [4.78, 5) is 62.5. The molecule has 1 aliphatic heterocycles. The highest BCUT2D eigenvalue weighted by atomic mass is 32.5. The fourth-order valence-corrected chi connectivity index (χ4v) is 4.68. The fraction of sp³-hybridized carbons (Fsp3) is 0.714. The number of aromatic nitrogens is 2. The maximum Gasteiger partial charge on any atom is 0.330 e. The average Bonchev–Trinajstić information content (AvgIpc) is 2.89. The van der Waals surface area contributed by atoms with Crippen LogP contribution in [0.5, 0.6) is 0 Å². The van der Waals surface area contributed by atoms with Gasteiger partial charge in [-0.25, -0.2) is 4.79 Å². The number of ether oxygens (including phenoxy) is 2. The van der Waals surface area contributed by atoms with Crippen molar-refractivity contribution in [3.8, 4) is 0 Å². The number of unbranched alkanes of at least 4 members (excludes halogenated alkanes) is 2. The zero-order valence-electron chi connectivity index (χ0n) is 15.5. The first-order chi connectivity index (χ1) is 13.4.